The summed E-state index contributed by atoms with van der Waals surface area (Å²) in [6.45, 7) is 4.34. The smallest absolute Gasteiger partial charge is 0.465 e. The summed E-state index contributed by atoms with van der Waals surface area (Å²) in [6, 6.07) is 4.70. The van der Waals surface area contributed by atoms with E-state index in [1.165, 1.54) is 25.1 Å². The van der Waals surface area contributed by atoms with E-state index in [2.05, 4.69) is 56.0 Å². The molecule has 4 aliphatic rings. The molecule has 4 atom stereocenters. The molecule has 0 bridgehead atoms. The van der Waals surface area contributed by atoms with Crippen molar-refractivity contribution in [1.82, 2.24) is 50.2 Å². The number of nitrogens with zero attached hydrogens (tertiary/aromatic N) is 7. The van der Waals surface area contributed by atoms with Crippen molar-refractivity contribution in [2.75, 3.05) is 23.8 Å². The molecule has 0 unspecified atom stereocenters. The van der Waals surface area contributed by atoms with Gasteiger partial charge in [-0.1, -0.05) is 0 Å². The number of aromatic nitrogens is 8. The Morgan fingerprint density at radius 1 is 0.828 bits per heavy atom. The molecule has 6 heterocycles. The molecule has 6 N–H and O–H groups in total. The van der Waals surface area contributed by atoms with Gasteiger partial charge in [-0.25, -0.2) is 9.59 Å². The number of carboxylic acid groups (broad SMARTS) is 1. The lowest BCUT2D eigenvalue weighted by atomic mass is 10.1. The second-order valence-electron chi connectivity index (χ2n) is 16.0. The first-order chi connectivity index (χ1) is 29.9. The number of alkyl halides is 6. The number of halogens is 6. The van der Waals surface area contributed by atoms with Crippen LogP contribution in [-0.4, -0.2) is 122 Å². The Labute approximate surface area is 363 Å². The van der Waals surface area contributed by atoms with E-state index in [0.717, 1.165) is 47.2 Å². The molecule has 4 amide bonds. The van der Waals surface area contributed by atoms with Gasteiger partial charge in [0.25, 0.3) is 11.8 Å². The minimum absolute atomic E-state index is 0.0579. The van der Waals surface area contributed by atoms with Crippen molar-refractivity contribution in [1.29, 1.82) is 0 Å². The number of aryl methyl sites for hydroxylation is 2. The number of rotatable bonds is 13. The van der Waals surface area contributed by atoms with Gasteiger partial charge in [0.15, 0.2) is 11.6 Å². The molecule has 64 heavy (non-hydrogen) atoms. The molecule has 4 aromatic heterocycles. The maximum atomic E-state index is 12.8. The van der Waals surface area contributed by atoms with Crippen molar-refractivity contribution in [3.63, 3.8) is 0 Å². The number of H-pyrrole nitrogens is 2. The van der Waals surface area contributed by atoms with E-state index in [4.69, 9.17) is 25.8 Å². The Morgan fingerprint density at radius 2 is 1.34 bits per heavy atom. The Hall–Kier alpha value is -6.22. The predicted octanol–water partition coefficient (Wildman–Crippen LogP) is 5.33. The molecule has 4 aromatic rings. The van der Waals surface area contributed by atoms with Gasteiger partial charge >= 0.3 is 24.1 Å². The Morgan fingerprint density at radius 3 is 1.83 bits per heavy atom. The van der Waals surface area contributed by atoms with Crippen LogP contribution in [0.1, 0.15) is 96.9 Å². The number of hydrogen-bond acceptors (Lipinski definition) is 13. The summed E-state index contributed by atoms with van der Waals surface area (Å²) in [5.41, 5.74) is -3.57. The molecule has 2 aliphatic carbocycles. The molecule has 8 rings (SSSR count). The van der Waals surface area contributed by atoms with E-state index in [-0.39, 0.29) is 53.4 Å². The largest absolute Gasteiger partial charge is 0.574 e. The fourth-order valence-electron chi connectivity index (χ4n) is 7.03. The molecule has 2 saturated heterocycles. The van der Waals surface area contributed by atoms with E-state index < -0.39 is 66.0 Å². The normalized spacial score (nSPS) is 21.8. The predicted molar refractivity (Wildman–Crippen MR) is 207 cm³/mol. The maximum absolute atomic E-state index is 12.8. The summed E-state index contributed by atoms with van der Waals surface area (Å²) in [7, 11) is 2.69. The van der Waals surface area contributed by atoms with Crippen LogP contribution in [0.4, 0.5) is 43.2 Å². The van der Waals surface area contributed by atoms with Crippen molar-refractivity contribution in [2.24, 2.45) is 14.1 Å². The Balaban J connectivity index is 0.000000191. The van der Waals surface area contributed by atoms with Gasteiger partial charge in [0.2, 0.25) is 11.8 Å². The van der Waals surface area contributed by atoms with Crippen molar-refractivity contribution in [3.8, 4) is 11.8 Å². The Bertz CT molecular complexity index is 2370. The zero-order chi connectivity index (χ0) is 46.4. The monoisotopic (exact) mass is 932 g/mol. The second-order valence-corrected chi connectivity index (χ2v) is 16.5. The lowest BCUT2D eigenvalue weighted by molar-refractivity contribution is -0.276. The number of aromatic amines is 2. The number of nitrogens with one attached hydrogen (secondary N) is 5. The number of anilines is 2. The minimum Gasteiger partial charge on any atom is -0.465 e. The van der Waals surface area contributed by atoms with Crippen molar-refractivity contribution < 1.29 is 69.9 Å². The minimum atomic E-state index is -4.92. The third-order valence-electron chi connectivity index (χ3n) is 10.7. The van der Waals surface area contributed by atoms with Gasteiger partial charge in [0.1, 0.15) is 29.7 Å². The van der Waals surface area contributed by atoms with Crippen LogP contribution in [0, 0.1) is 0 Å². The summed E-state index contributed by atoms with van der Waals surface area (Å²) in [6.07, 6.45) is -3.29. The molecule has 28 heteroatoms. The second kappa shape index (κ2) is 17.4. The van der Waals surface area contributed by atoms with Crippen LogP contribution >= 0.6 is 11.6 Å². The van der Waals surface area contributed by atoms with Crippen LogP contribution in [0.5, 0.6) is 11.8 Å². The van der Waals surface area contributed by atoms with E-state index in [1.807, 2.05) is 13.8 Å². The van der Waals surface area contributed by atoms with Crippen molar-refractivity contribution in [3.05, 3.63) is 47.0 Å². The molecule has 22 nitrogen and oxygen atoms in total. The fraction of sp³-hybridized carbons (Fsp3) is 0.556. The average molecular weight is 933 g/mol. The summed E-state index contributed by atoms with van der Waals surface area (Å²) < 4.78 is 89.2. The third kappa shape index (κ3) is 11.5. The highest BCUT2D eigenvalue weighted by Crippen LogP contribution is 2.45. The highest BCUT2D eigenvalue weighted by Gasteiger charge is 2.51. The highest BCUT2D eigenvalue weighted by molar-refractivity contribution is 6.20. The Kier molecular flexibility index (Phi) is 12.4. The number of alkyl carbamates (subject to hydrolysis) is 1. The van der Waals surface area contributed by atoms with Gasteiger partial charge in [-0.15, -0.1) is 32.1 Å². The highest BCUT2D eigenvalue weighted by atomic mass is 35.5. The SMILES string of the molecule is Cn1nc(OC(F)(F)Cl)cc1C(=O)Nc1cc([C@H]2C[C@@H](N(C(=O)O)C3(C)CC3)CO2)[nH]n1.Cn1nc(OC(F)(F)F)cc1C(=O)Nc1cc([C@H]2C[C@@H](OC(=O)NC3(C)CC3)CO2)[nH]n1. The van der Waals surface area contributed by atoms with Gasteiger partial charge in [0.05, 0.1) is 30.6 Å². The number of carbonyl (C=O) groups is 4. The molecule has 4 fully saturated rings. The molecule has 0 spiro atoms. The van der Waals surface area contributed by atoms with Crippen molar-refractivity contribution in [2.45, 2.75) is 99.7 Å². The number of hydrogen-bond donors (Lipinski definition) is 6. The first-order valence-corrected chi connectivity index (χ1v) is 19.9. The maximum Gasteiger partial charge on any atom is 0.574 e. The zero-order valence-corrected chi connectivity index (χ0v) is 35.1. The van der Waals surface area contributed by atoms with Gasteiger partial charge in [-0.3, -0.25) is 34.0 Å². The number of ether oxygens (including phenoxy) is 5. The molecular weight excluding hydrogens is 891 g/mol. The lowest BCUT2D eigenvalue weighted by Crippen LogP contribution is -2.47. The standard InChI is InChI=1S/C18H21ClF2N6O5.C18H21F3N6O5/c1-17(3-4-17)27(16(29)30)9-5-12(31-8-9)10-6-13(24-23-10)22-15(28)11-7-14(25-26(11)2)32-18(19,20)21;1-17(3-4-17)23-16(29)31-9-5-12(30-8-9)10-6-13(25-24-10)22-15(28)11-7-14(26-27(11)2)32-18(19,20)21/h6-7,9,12H,3-5,8H2,1-2H3,(H,29,30)(H2,22,23,24,28);6-7,9,12H,3-5,8H2,1-2H3,(H,23,29)(H2,22,24,25,28)/t2*9-,12-/m11/s1. The molecule has 2 saturated carbocycles. The van der Waals surface area contributed by atoms with Crippen LogP contribution < -0.4 is 25.4 Å². The van der Waals surface area contributed by atoms with E-state index in [0.29, 0.717) is 24.2 Å². The average Bonchev–Trinajstić information content (AvgIpc) is 3.66. The molecule has 0 radical (unpaired) electrons. The van der Waals surface area contributed by atoms with Gasteiger partial charge in [-0.2, -0.15) is 10.2 Å². The van der Waals surface area contributed by atoms with Gasteiger partial charge in [0, 0.05) is 73.9 Å². The fourth-order valence-corrected chi connectivity index (χ4v) is 7.11. The number of amides is 4. The summed E-state index contributed by atoms with van der Waals surface area (Å²) >= 11 is 4.71. The topological polar surface area (TPSA) is 267 Å². The van der Waals surface area contributed by atoms with E-state index in [1.54, 1.807) is 6.07 Å². The molecule has 2 aliphatic heterocycles. The summed E-state index contributed by atoms with van der Waals surface area (Å²) in [5, 5.41) is 38.1. The van der Waals surface area contributed by atoms with E-state index >= 15 is 0 Å². The molecule has 0 aromatic carbocycles. The van der Waals surface area contributed by atoms with E-state index in [9.17, 15) is 46.2 Å². The first-order valence-electron chi connectivity index (χ1n) is 19.5. The summed E-state index contributed by atoms with van der Waals surface area (Å²) in [4.78, 5) is 50.0. The van der Waals surface area contributed by atoms with Crippen LogP contribution in [0.15, 0.2) is 24.3 Å². The molecular formula is C36H42ClF5N12O10. The third-order valence-corrected chi connectivity index (χ3v) is 10.8. The first kappa shape index (κ1) is 45.8. The van der Waals surface area contributed by atoms with Crippen LogP contribution in [0.2, 0.25) is 0 Å². The van der Waals surface area contributed by atoms with Crippen LogP contribution in [0.3, 0.4) is 0 Å². The van der Waals surface area contributed by atoms with Gasteiger partial charge < -0.3 is 44.7 Å². The molecule has 348 valence electrons. The number of carbonyl (C=O) groups excluding carboxylic acids is 3. The van der Waals surface area contributed by atoms with Crippen LogP contribution in [0.25, 0.3) is 0 Å². The zero-order valence-electron chi connectivity index (χ0n) is 34.3. The van der Waals surface area contributed by atoms with Crippen molar-refractivity contribution >= 4 is 47.2 Å². The van der Waals surface area contributed by atoms with Crippen LogP contribution in [-0.2, 0) is 28.3 Å². The lowest BCUT2D eigenvalue weighted by Gasteiger charge is -2.31. The van der Waals surface area contributed by atoms with Gasteiger partial charge in [-0.05, 0) is 39.5 Å². The quantitative estimate of drug-likeness (QED) is 0.0732. The summed E-state index contributed by atoms with van der Waals surface area (Å²) in [5.74, 6) is -2.34.